The van der Waals surface area contributed by atoms with Crippen molar-refractivity contribution >= 4 is 34.4 Å². The second-order valence-corrected chi connectivity index (χ2v) is 6.27. The molecule has 23 heavy (non-hydrogen) atoms. The van der Waals surface area contributed by atoms with E-state index in [1.165, 1.54) is 0 Å². The number of carbonyl (C=O) groups excluding carboxylic acids is 1. The van der Waals surface area contributed by atoms with E-state index in [1.54, 1.807) is 6.20 Å². The third-order valence-corrected chi connectivity index (χ3v) is 4.48. The molecule has 2 aromatic rings. The van der Waals surface area contributed by atoms with E-state index >= 15 is 0 Å². The van der Waals surface area contributed by atoms with E-state index in [9.17, 15) is 4.79 Å². The number of carbonyl (C=O) groups is 1. The number of nitrogens with one attached hydrogen (secondary N) is 1. The van der Waals surface area contributed by atoms with E-state index in [4.69, 9.17) is 4.74 Å². The molecule has 0 spiro atoms. The fraction of sp³-hybridized carbons (Fsp3) is 0.312. The Balaban J connectivity index is 1.64. The van der Waals surface area contributed by atoms with Crippen LogP contribution < -0.4 is 10.2 Å². The van der Waals surface area contributed by atoms with Gasteiger partial charge in [-0.1, -0.05) is 12.1 Å². The van der Waals surface area contributed by atoms with Gasteiger partial charge >= 0.3 is 0 Å². The lowest BCUT2D eigenvalue weighted by atomic mass is 10.2. The van der Waals surface area contributed by atoms with Gasteiger partial charge in [-0.15, -0.1) is 0 Å². The molecular weight excluding hydrogens is 407 g/mol. The van der Waals surface area contributed by atoms with Gasteiger partial charge in [-0.25, -0.2) is 9.97 Å². The molecule has 1 N–H and O–H groups in total. The largest absolute Gasteiger partial charge is 0.378 e. The minimum Gasteiger partial charge on any atom is -0.378 e. The lowest BCUT2D eigenvalue weighted by Crippen LogP contribution is -2.37. The van der Waals surface area contributed by atoms with Crippen molar-refractivity contribution in [3.63, 3.8) is 0 Å². The van der Waals surface area contributed by atoms with Crippen molar-refractivity contribution in [3.8, 4) is 0 Å². The Kier molecular flexibility index (Phi) is 5.39. The first kappa shape index (κ1) is 16.1. The molecule has 1 saturated heterocycles. The first-order valence-electron chi connectivity index (χ1n) is 7.41. The van der Waals surface area contributed by atoms with Crippen molar-refractivity contribution in [3.05, 3.63) is 51.4 Å². The first-order chi connectivity index (χ1) is 11.2. The number of halogens is 1. The quantitative estimate of drug-likeness (QED) is 0.760. The summed E-state index contributed by atoms with van der Waals surface area (Å²) in [5.74, 6) is 0.593. The number of benzene rings is 1. The van der Waals surface area contributed by atoms with Crippen molar-refractivity contribution in [1.82, 2.24) is 15.3 Å². The third-order valence-electron chi connectivity index (χ3n) is 3.54. The molecule has 0 saturated carbocycles. The molecule has 3 rings (SSSR count). The Labute approximate surface area is 148 Å². The predicted molar refractivity (Wildman–Crippen MR) is 95.4 cm³/mol. The van der Waals surface area contributed by atoms with Crippen LogP contribution in [-0.2, 0) is 11.3 Å². The molecule has 1 aromatic heterocycles. The summed E-state index contributed by atoms with van der Waals surface area (Å²) in [6, 6.07) is 9.32. The number of hydrogen-bond acceptors (Lipinski definition) is 5. The van der Waals surface area contributed by atoms with Gasteiger partial charge in [0.1, 0.15) is 0 Å². The summed E-state index contributed by atoms with van der Waals surface area (Å²) < 4.78 is 6.27. The van der Waals surface area contributed by atoms with Crippen molar-refractivity contribution in [2.75, 3.05) is 31.2 Å². The van der Waals surface area contributed by atoms with Crippen LogP contribution in [0, 0.1) is 3.57 Å². The average molecular weight is 424 g/mol. The summed E-state index contributed by atoms with van der Waals surface area (Å²) in [5, 5.41) is 2.91. The maximum Gasteiger partial charge on any atom is 0.252 e. The highest BCUT2D eigenvalue weighted by Crippen LogP contribution is 2.12. The van der Waals surface area contributed by atoms with E-state index in [0.717, 1.165) is 22.4 Å². The van der Waals surface area contributed by atoms with Gasteiger partial charge < -0.3 is 15.0 Å². The van der Waals surface area contributed by atoms with Gasteiger partial charge in [0, 0.05) is 22.9 Å². The Hall–Kier alpha value is -1.74. The number of aromatic nitrogens is 2. The lowest BCUT2D eigenvalue weighted by molar-refractivity contribution is 0.0949. The van der Waals surface area contributed by atoms with Crippen molar-refractivity contribution in [2.24, 2.45) is 0 Å². The SMILES string of the molecule is O=C(NCc1ccnc(N2CCOCC2)n1)c1ccccc1I. The maximum absolute atomic E-state index is 12.2. The molecule has 0 atom stereocenters. The highest BCUT2D eigenvalue weighted by molar-refractivity contribution is 14.1. The van der Waals surface area contributed by atoms with Crippen molar-refractivity contribution in [2.45, 2.75) is 6.54 Å². The normalized spacial score (nSPS) is 14.6. The topological polar surface area (TPSA) is 67.4 Å². The molecule has 0 radical (unpaired) electrons. The van der Waals surface area contributed by atoms with Crippen LogP contribution in [0.1, 0.15) is 16.1 Å². The minimum absolute atomic E-state index is 0.0958. The third kappa shape index (κ3) is 4.17. The highest BCUT2D eigenvalue weighted by atomic mass is 127. The van der Waals surface area contributed by atoms with Crippen LogP contribution in [0.3, 0.4) is 0 Å². The zero-order valence-corrected chi connectivity index (χ0v) is 14.7. The van der Waals surface area contributed by atoms with Gasteiger partial charge in [0.05, 0.1) is 31.0 Å². The Morgan fingerprint density at radius 2 is 2.04 bits per heavy atom. The second kappa shape index (κ2) is 7.69. The fourth-order valence-corrected chi connectivity index (χ4v) is 2.94. The number of anilines is 1. The van der Waals surface area contributed by atoms with E-state index in [1.807, 2.05) is 30.3 Å². The number of rotatable bonds is 4. The van der Waals surface area contributed by atoms with Crippen LogP contribution in [0.15, 0.2) is 36.5 Å². The predicted octanol–water partition coefficient (Wildman–Crippen LogP) is 1.85. The molecule has 120 valence electrons. The lowest BCUT2D eigenvalue weighted by Gasteiger charge is -2.26. The minimum atomic E-state index is -0.0958. The molecule has 0 aliphatic carbocycles. The van der Waals surface area contributed by atoms with Crippen LogP contribution in [0.5, 0.6) is 0 Å². The maximum atomic E-state index is 12.2. The number of hydrogen-bond donors (Lipinski definition) is 1. The Morgan fingerprint density at radius 3 is 2.83 bits per heavy atom. The van der Waals surface area contributed by atoms with Crippen LogP contribution >= 0.6 is 22.6 Å². The molecule has 2 heterocycles. The molecule has 6 nitrogen and oxygen atoms in total. The Bertz CT molecular complexity index is 689. The van der Waals surface area contributed by atoms with Gasteiger partial charge in [-0.3, -0.25) is 4.79 Å². The Morgan fingerprint density at radius 1 is 1.26 bits per heavy atom. The summed E-state index contributed by atoms with van der Waals surface area (Å²) in [7, 11) is 0. The molecule has 7 heteroatoms. The van der Waals surface area contributed by atoms with Gasteiger partial charge in [-0.05, 0) is 40.8 Å². The molecule has 0 bridgehead atoms. The van der Waals surface area contributed by atoms with Gasteiger partial charge in [-0.2, -0.15) is 0 Å². The number of morpholine rings is 1. The highest BCUT2D eigenvalue weighted by Gasteiger charge is 2.14. The van der Waals surface area contributed by atoms with E-state index in [-0.39, 0.29) is 5.91 Å². The van der Waals surface area contributed by atoms with Crippen LogP contribution in [0.4, 0.5) is 5.95 Å². The zero-order chi connectivity index (χ0) is 16.1. The standard InChI is InChI=1S/C16H17IN4O2/c17-14-4-2-1-3-13(14)15(22)19-11-12-5-6-18-16(20-12)21-7-9-23-10-8-21/h1-6H,7-11H2,(H,19,22). The second-order valence-electron chi connectivity index (χ2n) is 5.11. The molecule has 1 fully saturated rings. The summed E-state index contributed by atoms with van der Waals surface area (Å²) in [6.07, 6.45) is 1.73. The average Bonchev–Trinajstić information content (AvgIpc) is 2.61. The summed E-state index contributed by atoms with van der Waals surface area (Å²) in [5.41, 5.74) is 1.47. The number of amides is 1. The fourth-order valence-electron chi connectivity index (χ4n) is 2.31. The molecule has 1 aliphatic rings. The number of nitrogens with zero attached hydrogens (tertiary/aromatic N) is 3. The van der Waals surface area contributed by atoms with Gasteiger partial charge in [0.15, 0.2) is 0 Å². The number of ether oxygens (including phenoxy) is 1. The molecule has 0 unspecified atom stereocenters. The summed E-state index contributed by atoms with van der Waals surface area (Å²) in [4.78, 5) is 23.2. The van der Waals surface area contributed by atoms with Gasteiger partial charge in [0.2, 0.25) is 5.95 Å². The smallest absolute Gasteiger partial charge is 0.252 e. The molecule has 1 aliphatic heterocycles. The van der Waals surface area contributed by atoms with Gasteiger partial charge in [0.25, 0.3) is 5.91 Å². The monoisotopic (exact) mass is 424 g/mol. The van der Waals surface area contributed by atoms with E-state index in [2.05, 4.69) is 42.8 Å². The van der Waals surface area contributed by atoms with Crippen molar-refractivity contribution in [1.29, 1.82) is 0 Å². The molecular formula is C16H17IN4O2. The first-order valence-corrected chi connectivity index (χ1v) is 8.49. The van der Waals surface area contributed by atoms with Crippen LogP contribution in [0.25, 0.3) is 0 Å². The zero-order valence-electron chi connectivity index (χ0n) is 12.5. The molecule has 1 amide bonds. The summed E-state index contributed by atoms with van der Waals surface area (Å²) >= 11 is 2.16. The van der Waals surface area contributed by atoms with Crippen molar-refractivity contribution < 1.29 is 9.53 Å². The van der Waals surface area contributed by atoms with E-state index < -0.39 is 0 Å². The summed E-state index contributed by atoms with van der Waals surface area (Å²) in [6.45, 7) is 3.34. The van der Waals surface area contributed by atoms with E-state index in [0.29, 0.717) is 31.3 Å². The molecule has 1 aromatic carbocycles. The van der Waals surface area contributed by atoms with Crippen LogP contribution in [0.2, 0.25) is 0 Å². The van der Waals surface area contributed by atoms with Crippen LogP contribution in [-0.4, -0.2) is 42.2 Å².